The van der Waals surface area contributed by atoms with Crippen molar-refractivity contribution in [1.29, 1.82) is 0 Å². The van der Waals surface area contributed by atoms with Gasteiger partial charge < -0.3 is 0 Å². The molecule has 0 spiro atoms. The van der Waals surface area contributed by atoms with Crippen LogP contribution in [0.25, 0.3) is 0 Å². The lowest BCUT2D eigenvalue weighted by molar-refractivity contribution is 0.145. The number of hydrazine groups is 3. The Morgan fingerprint density at radius 2 is 1.70 bits per heavy atom. The van der Waals surface area contributed by atoms with Crippen LogP contribution in [0.3, 0.4) is 0 Å². The molecular weight excluding hydrogens is 130 g/mol. The van der Waals surface area contributed by atoms with E-state index in [0.29, 0.717) is 0 Å². The molecule has 0 aromatic heterocycles. The first-order valence-corrected chi connectivity index (χ1v) is 3.37. The first-order valence-electron chi connectivity index (χ1n) is 3.37. The molecule has 0 unspecified atom stereocenters. The molecule has 0 aromatic carbocycles. The van der Waals surface area contributed by atoms with Crippen molar-refractivity contribution >= 4 is 0 Å². The van der Waals surface area contributed by atoms with Crippen LogP contribution in [-0.2, 0) is 0 Å². The molecule has 5 nitrogen and oxygen atoms in total. The summed E-state index contributed by atoms with van der Waals surface area (Å²) in [5.74, 6) is 0. The van der Waals surface area contributed by atoms with Gasteiger partial charge in [-0.05, 0) is 7.05 Å². The van der Waals surface area contributed by atoms with E-state index in [9.17, 15) is 0 Å². The van der Waals surface area contributed by atoms with Gasteiger partial charge in [0.15, 0.2) is 0 Å². The number of hydrogen-bond acceptors (Lipinski definition) is 5. The van der Waals surface area contributed by atoms with Gasteiger partial charge in [-0.2, -0.15) is 5.12 Å². The molecule has 5 heteroatoms. The Morgan fingerprint density at radius 1 is 1.10 bits per heavy atom. The fourth-order valence-electron chi connectivity index (χ4n) is 0.628. The van der Waals surface area contributed by atoms with Gasteiger partial charge in [0.05, 0.1) is 0 Å². The number of nitrogens with one attached hydrogen (secondary N) is 4. The first kappa shape index (κ1) is 9.80. The van der Waals surface area contributed by atoms with Gasteiger partial charge in [0.25, 0.3) is 0 Å². The lowest BCUT2D eigenvalue weighted by Crippen LogP contribution is -2.48. The molecule has 0 aromatic rings. The van der Waals surface area contributed by atoms with Crippen LogP contribution in [0.4, 0.5) is 0 Å². The highest BCUT2D eigenvalue weighted by molar-refractivity contribution is 4.43. The SMILES string of the molecule is CNNCCN(NC)NC. The Labute approximate surface area is 62.1 Å². The van der Waals surface area contributed by atoms with Crippen molar-refractivity contribution in [3.63, 3.8) is 0 Å². The van der Waals surface area contributed by atoms with Crippen molar-refractivity contribution in [3.05, 3.63) is 0 Å². The van der Waals surface area contributed by atoms with Crippen LogP contribution in [0.1, 0.15) is 0 Å². The lowest BCUT2D eigenvalue weighted by Gasteiger charge is -2.18. The third-order valence-electron chi connectivity index (χ3n) is 1.18. The highest BCUT2D eigenvalue weighted by Crippen LogP contribution is 1.67. The standard InChI is InChI=1S/C5H17N5/c1-6-9-4-5-10(7-2)8-3/h6-9H,4-5H2,1-3H3. The monoisotopic (exact) mass is 147 g/mol. The van der Waals surface area contributed by atoms with Crippen molar-refractivity contribution in [3.8, 4) is 0 Å². The summed E-state index contributed by atoms with van der Waals surface area (Å²) in [5, 5.41) is 1.88. The van der Waals surface area contributed by atoms with Crippen LogP contribution in [-0.4, -0.2) is 39.4 Å². The van der Waals surface area contributed by atoms with Crippen molar-refractivity contribution < 1.29 is 0 Å². The summed E-state index contributed by atoms with van der Waals surface area (Å²) in [7, 11) is 5.59. The largest absolute Gasteiger partial charge is 0.261 e. The second-order valence-corrected chi connectivity index (χ2v) is 1.78. The molecule has 0 heterocycles. The highest BCUT2D eigenvalue weighted by atomic mass is 15.7. The predicted molar refractivity (Wildman–Crippen MR) is 41.9 cm³/mol. The van der Waals surface area contributed by atoms with E-state index in [4.69, 9.17) is 0 Å². The summed E-state index contributed by atoms with van der Waals surface area (Å²) in [6, 6.07) is 0. The fraction of sp³-hybridized carbons (Fsp3) is 1.00. The number of rotatable bonds is 6. The molecule has 0 saturated heterocycles. The predicted octanol–water partition coefficient (Wildman–Crippen LogP) is -1.72. The van der Waals surface area contributed by atoms with Crippen LogP contribution in [0, 0.1) is 0 Å². The van der Waals surface area contributed by atoms with Crippen LogP contribution < -0.4 is 21.7 Å². The van der Waals surface area contributed by atoms with Gasteiger partial charge in [-0.15, -0.1) is 0 Å². The maximum absolute atomic E-state index is 2.98. The Kier molecular flexibility index (Phi) is 6.78. The third kappa shape index (κ3) is 4.66. The molecule has 0 aliphatic rings. The van der Waals surface area contributed by atoms with Gasteiger partial charge >= 0.3 is 0 Å². The van der Waals surface area contributed by atoms with Gasteiger partial charge in [0.1, 0.15) is 0 Å². The van der Waals surface area contributed by atoms with Gasteiger partial charge in [-0.25, -0.2) is 10.9 Å². The number of hydrogen-bond donors (Lipinski definition) is 4. The molecular formula is C5H17N5. The minimum absolute atomic E-state index is 0.887. The molecule has 0 saturated carbocycles. The Hall–Kier alpha value is -0.200. The molecule has 0 bridgehead atoms. The minimum atomic E-state index is 0.887. The summed E-state index contributed by atoms with van der Waals surface area (Å²) in [5.41, 5.74) is 11.7. The van der Waals surface area contributed by atoms with Gasteiger partial charge in [-0.1, -0.05) is 0 Å². The molecule has 0 atom stereocenters. The van der Waals surface area contributed by atoms with Gasteiger partial charge in [-0.3, -0.25) is 10.9 Å². The summed E-state index contributed by atoms with van der Waals surface area (Å²) in [6.45, 7) is 1.78. The zero-order valence-electron chi connectivity index (χ0n) is 6.86. The molecule has 0 aliphatic carbocycles. The molecule has 10 heavy (non-hydrogen) atoms. The summed E-state index contributed by atoms with van der Waals surface area (Å²) < 4.78 is 0. The molecule has 4 N–H and O–H groups in total. The normalized spacial score (nSPS) is 10.8. The maximum Gasteiger partial charge on any atom is 0.0427 e. The molecule has 0 radical (unpaired) electrons. The van der Waals surface area contributed by atoms with E-state index in [1.54, 1.807) is 0 Å². The first-order chi connectivity index (χ1) is 4.85. The van der Waals surface area contributed by atoms with E-state index in [-0.39, 0.29) is 0 Å². The average molecular weight is 147 g/mol. The van der Waals surface area contributed by atoms with Crippen molar-refractivity contribution in [2.45, 2.75) is 0 Å². The summed E-state index contributed by atoms with van der Waals surface area (Å²) >= 11 is 0. The van der Waals surface area contributed by atoms with Crippen molar-refractivity contribution in [2.24, 2.45) is 0 Å². The van der Waals surface area contributed by atoms with Crippen LogP contribution in [0.5, 0.6) is 0 Å². The van der Waals surface area contributed by atoms with Crippen molar-refractivity contribution in [2.75, 3.05) is 34.2 Å². The van der Waals surface area contributed by atoms with E-state index in [1.165, 1.54) is 0 Å². The smallest absolute Gasteiger partial charge is 0.0427 e. The Morgan fingerprint density at radius 3 is 2.10 bits per heavy atom. The fourth-order valence-corrected chi connectivity index (χ4v) is 0.628. The Bertz CT molecular complexity index is 63.1. The topological polar surface area (TPSA) is 51.4 Å². The van der Waals surface area contributed by atoms with Crippen molar-refractivity contribution in [1.82, 2.24) is 26.8 Å². The van der Waals surface area contributed by atoms with Gasteiger partial charge in [0.2, 0.25) is 0 Å². The minimum Gasteiger partial charge on any atom is -0.261 e. The maximum atomic E-state index is 2.98. The van der Waals surface area contributed by atoms with E-state index in [0.717, 1.165) is 13.1 Å². The zero-order chi connectivity index (χ0) is 7.82. The third-order valence-corrected chi connectivity index (χ3v) is 1.18. The molecule has 0 amide bonds. The van der Waals surface area contributed by atoms with Crippen LogP contribution in [0.15, 0.2) is 0 Å². The van der Waals surface area contributed by atoms with Crippen LogP contribution >= 0.6 is 0 Å². The second kappa shape index (κ2) is 6.91. The lowest BCUT2D eigenvalue weighted by atomic mass is 10.7. The second-order valence-electron chi connectivity index (χ2n) is 1.78. The molecule has 0 aliphatic heterocycles. The summed E-state index contributed by atoms with van der Waals surface area (Å²) in [4.78, 5) is 0. The molecule has 0 rings (SSSR count). The van der Waals surface area contributed by atoms with E-state index >= 15 is 0 Å². The zero-order valence-corrected chi connectivity index (χ0v) is 6.86. The molecule has 0 fully saturated rings. The van der Waals surface area contributed by atoms with E-state index in [1.807, 2.05) is 26.3 Å². The number of nitrogens with zero attached hydrogens (tertiary/aromatic N) is 1. The van der Waals surface area contributed by atoms with E-state index < -0.39 is 0 Å². The molecule has 62 valence electrons. The van der Waals surface area contributed by atoms with E-state index in [2.05, 4.69) is 21.7 Å². The quantitative estimate of drug-likeness (QED) is 0.266. The van der Waals surface area contributed by atoms with Crippen LogP contribution in [0.2, 0.25) is 0 Å². The Balaban J connectivity index is 3.09. The van der Waals surface area contributed by atoms with Gasteiger partial charge in [0, 0.05) is 27.2 Å². The summed E-state index contributed by atoms with van der Waals surface area (Å²) in [6.07, 6.45) is 0. The highest BCUT2D eigenvalue weighted by Gasteiger charge is 1.94. The average Bonchev–Trinajstić information content (AvgIpc) is 1.99.